The van der Waals surface area contributed by atoms with Gasteiger partial charge in [-0.05, 0) is 73.4 Å². The SMILES string of the molecule is COc1cccc(OC[C@H]2c3ccsc3CCN2C(=O)CN(CC2CC2)C(=O)c2ccc(C)cc2)c1. The first-order valence-corrected chi connectivity index (χ1v) is 13.4. The Labute approximate surface area is 216 Å². The van der Waals surface area contributed by atoms with Gasteiger partial charge in [0.05, 0.1) is 13.2 Å². The maximum atomic E-state index is 13.7. The zero-order chi connectivity index (χ0) is 25.1. The van der Waals surface area contributed by atoms with Crippen molar-refractivity contribution in [2.75, 3.05) is 33.4 Å². The van der Waals surface area contributed by atoms with Crippen molar-refractivity contribution >= 4 is 23.2 Å². The van der Waals surface area contributed by atoms with Gasteiger partial charge in [-0.2, -0.15) is 0 Å². The summed E-state index contributed by atoms with van der Waals surface area (Å²) in [6, 6.07) is 17.0. The van der Waals surface area contributed by atoms with Crippen molar-refractivity contribution in [1.29, 1.82) is 0 Å². The van der Waals surface area contributed by atoms with E-state index in [0.29, 0.717) is 36.9 Å². The number of ether oxygens (including phenoxy) is 2. The number of carbonyl (C=O) groups is 2. The topological polar surface area (TPSA) is 59.1 Å². The summed E-state index contributed by atoms with van der Waals surface area (Å²) in [7, 11) is 1.63. The highest BCUT2D eigenvalue weighted by Gasteiger charge is 2.35. The van der Waals surface area contributed by atoms with Gasteiger partial charge in [-0.15, -0.1) is 11.3 Å². The van der Waals surface area contributed by atoms with E-state index in [1.165, 1.54) is 4.88 Å². The third-order valence-electron chi connectivity index (χ3n) is 6.95. The molecule has 2 amide bonds. The maximum Gasteiger partial charge on any atom is 0.254 e. The smallest absolute Gasteiger partial charge is 0.254 e. The van der Waals surface area contributed by atoms with E-state index < -0.39 is 0 Å². The second-order valence-electron chi connectivity index (χ2n) is 9.64. The number of hydrogen-bond donors (Lipinski definition) is 0. The number of nitrogens with zero attached hydrogens (tertiary/aromatic N) is 2. The molecule has 0 spiro atoms. The molecule has 1 aliphatic carbocycles. The van der Waals surface area contributed by atoms with E-state index in [1.807, 2.05) is 60.4 Å². The fourth-order valence-electron chi connectivity index (χ4n) is 4.70. The van der Waals surface area contributed by atoms with E-state index in [4.69, 9.17) is 9.47 Å². The summed E-state index contributed by atoms with van der Waals surface area (Å²) in [4.78, 5) is 32.0. The maximum absolute atomic E-state index is 13.7. The van der Waals surface area contributed by atoms with Gasteiger partial charge in [-0.3, -0.25) is 9.59 Å². The second kappa shape index (κ2) is 10.7. The van der Waals surface area contributed by atoms with Crippen molar-refractivity contribution in [3.8, 4) is 11.5 Å². The van der Waals surface area contributed by atoms with Gasteiger partial charge >= 0.3 is 0 Å². The summed E-state index contributed by atoms with van der Waals surface area (Å²) in [5, 5.41) is 2.08. The summed E-state index contributed by atoms with van der Waals surface area (Å²) in [6.07, 6.45) is 3.05. The van der Waals surface area contributed by atoms with E-state index in [0.717, 1.165) is 36.1 Å². The number of fused-ring (bicyclic) bond motifs is 1. The highest BCUT2D eigenvalue weighted by molar-refractivity contribution is 7.10. The third-order valence-corrected chi connectivity index (χ3v) is 7.95. The first kappa shape index (κ1) is 24.4. The number of rotatable bonds is 9. The molecule has 5 rings (SSSR count). The summed E-state index contributed by atoms with van der Waals surface area (Å²) < 4.78 is 11.5. The fraction of sp³-hybridized carbons (Fsp3) is 0.379. The number of aryl methyl sites for hydroxylation is 1. The molecule has 2 aromatic carbocycles. The standard InChI is InChI=1S/C29H32N2O4S/c1-20-6-10-22(11-7-20)29(33)30(17-21-8-9-21)18-28(32)31-14-12-27-25(13-15-36-27)26(31)19-35-24-5-3-4-23(16-24)34-2/h3-7,10-11,13,15-16,21,26H,8-9,12,14,17-19H2,1-2H3/t26-/m0/s1. The molecule has 3 aromatic rings. The Balaban J connectivity index is 1.33. The molecule has 7 heteroatoms. The molecule has 0 radical (unpaired) electrons. The molecule has 36 heavy (non-hydrogen) atoms. The molecular weight excluding hydrogens is 472 g/mol. The van der Waals surface area contributed by atoms with E-state index in [2.05, 4.69) is 11.4 Å². The van der Waals surface area contributed by atoms with Crippen LogP contribution in [0.5, 0.6) is 11.5 Å². The predicted octanol–water partition coefficient (Wildman–Crippen LogP) is 5.12. The number of benzene rings is 2. The van der Waals surface area contributed by atoms with Gasteiger partial charge in [-0.1, -0.05) is 23.8 Å². The van der Waals surface area contributed by atoms with Crippen molar-refractivity contribution in [2.45, 2.75) is 32.2 Å². The minimum absolute atomic E-state index is 0.0350. The van der Waals surface area contributed by atoms with Crippen LogP contribution < -0.4 is 9.47 Å². The lowest BCUT2D eigenvalue weighted by molar-refractivity contribution is -0.135. The summed E-state index contributed by atoms with van der Waals surface area (Å²) in [6.45, 7) is 3.67. The number of methoxy groups -OCH3 is 1. The van der Waals surface area contributed by atoms with Crippen LogP contribution in [0.1, 0.15) is 45.2 Å². The van der Waals surface area contributed by atoms with Crippen LogP contribution in [0.15, 0.2) is 60.0 Å². The third kappa shape index (κ3) is 5.57. The monoisotopic (exact) mass is 504 g/mol. The van der Waals surface area contributed by atoms with Crippen LogP contribution >= 0.6 is 11.3 Å². The molecule has 1 saturated carbocycles. The Hall–Kier alpha value is -3.32. The molecular formula is C29H32N2O4S. The van der Waals surface area contributed by atoms with Crippen LogP contribution in [0.25, 0.3) is 0 Å². The molecule has 0 N–H and O–H groups in total. The van der Waals surface area contributed by atoms with E-state index >= 15 is 0 Å². The first-order valence-electron chi connectivity index (χ1n) is 12.5. The normalized spacial score (nSPS) is 16.8. The average molecular weight is 505 g/mol. The number of thiophene rings is 1. The largest absolute Gasteiger partial charge is 0.497 e. The minimum Gasteiger partial charge on any atom is -0.497 e. The van der Waals surface area contributed by atoms with E-state index in [-0.39, 0.29) is 24.4 Å². The lowest BCUT2D eigenvalue weighted by Gasteiger charge is -2.37. The van der Waals surface area contributed by atoms with Crippen LogP contribution in [-0.2, 0) is 11.2 Å². The van der Waals surface area contributed by atoms with Crippen molar-refractivity contribution in [2.24, 2.45) is 5.92 Å². The zero-order valence-electron chi connectivity index (χ0n) is 20.8. The molecule has 1 fully saturated rings. The molecule has 6 nitrogen and oxygen atoms in total. The number of hydrogen-bond acceptors (Lipinski definition) is 5. The molecule has 1 aromatic heterocycles. The predicted molar refractivity (Wildman–Crippen MR) is 141 cm³/mol. The van der Waals surface area contributed by atoms with Gasteiger partial charge in [0.2, 0.25) is 5.91 Å². The van der Waals surface area contributed by atoms with Gasteiger partial charge in [0.15, 0.2) is 0 Å². The van der Waals surface area contributed by atoms with Crippen LogP contribution in [0.3, 0.4) is 0 Å². The molecule has 2 heterocycles. The van der Waals surface area contributed by atoms with Crippen LogP contribution in [0.2, 0.25) is 0 Å². The van der Waals surface area contributed by atoms with Crippen LogP contribution in [0.4, 0.5) is 0 Å². The summed E-state index contributed by atoms with van der Waals surface area (Å²) >= 11 is 1.73. The molecule has 1 aliphatic heterocycles. The highest BCUT2D eigenvalue weighted by Crippen LogP contribution is 2.35. The lowest BCUT2D eigenvalue weighted by Crippen LogP contribution is -2.48. The van der Waals surface area contributed by atoms with Gasteiger partial charge < -0.3 is 19.3 Å². The first-order chi connectivity index (χ1) is 17.5. The van der Waals surface area contributed by atoms with E-state index in [1.54, 1.807) is 23.3 Å². The average Bonchev–Trinajstić information content (AvgIpc) is 3.59. The number of carbonyl (C=O) groups excluding carboxylic acids is 2. The zero-order valence-corrected chi connectivity index (χ0v) is 21.6. The Morgan fingerprint density at radius 1 is 1.08 bits per heavy atom. The lowest BCUT2D eigenvalue weighted by atomic mass is 10.00. The van der Waals surface area contributed by atoms with E-state index in [9.17, 15) is 9.59 Å². The molecule has 188 valence electrons. The van der Waals surface area contributed by atoms with Crippen LogP contribution in [0, 0.1) is 12.8 Å². The summed E-state index contributed by atoms with van der Waals surface area (Å²) in [5.74, 6) is 1.81. The molecule has 0 saturated heterocycles. The van der Waals surface area contributed by atoms with Gasteiger partial charge in [-0.25, -0.2) is 0 Å². The second-order valence-corrected chi connectivity index (χ2v) is 10.6. The molecule has 0 bridgehead atoms. The van der Waals surface area contributed by atoms with Crippen LogP contribution in [-0.4, -0.2) is 55.0 Å². The van der Waals surface area contributed by atoms with Crippen molar-refractivity contribution in [3.63, 3.8) is 0 Å². The Bertz CT molecular complexity index is 1220. The Morgan fingerprint density at radius 3 is 2.61 bits per heavy atom. The van der Waals surface area contributed by atoms with Crippen molar-refractivity contribution in [1.82, 2.24) is 9.80 Å². The van der Waals surface area contributed by atoms with Gasteiger partial charge in [0.25, 0.3) is 5.91 Å². The Morgan fingerprint density at radius 2 is 1.86 bits per heavy atom. The Kier molecular flexibility index (Phi) is 7.28. The molecule has 1 atom stereocenters. The van der Waals surface area contributed by atoms with Gasteiger partial charge in [0.1, 0.15) is 24.7 Å². The summed E-state index contributed by atoms with van der Waals surface area (Å²) in [5.41, 5.74) is 2.88. The highest BCUT2D eigenvalue weighted by atomic mass is 32.1. The molecule has 0 unspecified atom stereocenters. The minimum atomic E-state index is -0.198. The van der Waals surface area contributed by atoms with Crippen molar-refractivity contribution < 1.29 is 19.1 Å². The quantitative estimate of drug-likeness (QED) is 0.406. The van der Waals surface area contributed by atoms with Gasteiger partial charge in [0, 0.05) is 29.6 Å². The molecule has 2 aliphatic rings. The number of amides is 2. The van der Waals surface area contributed by atoms with Crippen molar-refractivity contribution in [3.05, 3.63) is 81.5 Å². The fourth-order valence-corrected chi connectivity index (χ4v) is 5.63.